The third-order valence-corrected chi connectivity index (χ3v) is 6.96. The molecule has 33 heavy (non-hydrogen) atoms. The monoisotopic (exact) mass is 445 g/mol. The number of aromatic nitrogens is 5. The van der Waals surface area contributed by atoms with E-state index >= 15 is 0 Å². The number of ether oxygens (including phenoxy) is 1. The quantitative estimate of drug-likeness (QED) is 0.455. The maximum atomic E-state index is 13.4. The third kappa shape index (κ3) is 3.68. The summed E-state index contributed by atoms with van der Waals surface area (Å²) in [5.74, 6) is 1.10. The summed E-state index contributed by atoms with van der Waals surface area (Å²) in [6.45, 7) is 2.58. The molecule has 8 heteroatoms. The first-order valence-electron chi connectivity index (χ1n) is 11.8. The van der Waals surface area contributed by atoms with E-state index in [1.165, 1.54) is 0 Å². The molecule has 1 atom stereocenters. The van der Waals surface area contributed by atoms with Gasteiger partial charge in [-0.15, -0.1) is 0 Å². The summed E-state index contributed by atoms with van der Waals surface area (Å²) in [4.78, 5) is 35.0. The lowest BCUT2D eigenvalue weighted by atomic mass is 9.98. The molecule has 2 fully saturated rings. The maximum Gasteiger partial charge on any atom is 0.329 e. The van der Waals surface area contributed by atoms with E-state index in [2.05, 4.69) is 14.5 Å². The van der Waals surface area contributed by atoms with Gasteiger partial charge in [0, 0.05) is 32.0 Å². The topological polar surface area (TPSA) is 83.9 Å². The minimum Gasteiger partial charge on any atom is -0.381 e. The molecule has 1 aliphatic carbocycles. The Morgan fingerprint density at radius 2 is 1.88 bits per heavy atom. The molecule has 0 radical (unpaired) electrons. The van der Waals surface area contributed by atoms with Gasteiger partial charge < -0.3 is 9.30 Å². The first-order chi connectivity index (χ1) is 16.2. The summed E-state index contributed by atoms with van der Waals surface area (Å²) in [5.41, 5.74) is 2.22. The Bertz CT molecular complexity index is 1440. The molecule has 1 saturated heterocycles. The van der Waals surface area contributed by atoms with Gasteiger partial charge in [0.1, 0.15) is 5.82 Å². The van der Waals surface area contributed by atoms with Gasteiger partial charge in [-0.05, 0) is 56.2 Å². The summed E-state index contributed by atoms with van der Waals surface area (Å²) in [6, 6.07) is 9.75. The van der Waals surface area contributed by atoms with Crippen LogP contribution >= 0.6 is 0 Å². The van der Waals surface area contributed by atoms with E-state index in [1.54, 1.807) is 17.0 Å². The van der Waals surface area contributed by atoms with E-state index in [4.69, 9.17) is 4.74 Å². The molecule has 1 aromatic carbocycles. The second-order valence-corrected chi connectivity index (χ2v) is 9.21. The smallest absolute Gasteiger partial charge is 0.329 e. The lowest BCUT2D eigenvalue weighted by Crippen LogP contribution is -2.28. The standard InChI is InChI=1S/C25H27N5O3/c31-24-19-5-1-2-6-20(19)28(12-10-17-4-3-13-33-16-17)23(27-24)15-29-22-14-26-11-9-21(22)30(25(29)32)18-7-8-18/h1-2,5-6,9,11,14,17-18H,3-4,7-8,10,12-13,15-16H2. The highest BCUT2D eigenvalue weighted by molar-refractivity contribution is 5.78. The predicted octanol–water partition coefficient (Wildman–Crippen LogP) is 3.11. The fraction of sp³-hybridized carbons (Fsp3) is 0.440. The molecule has 8 nitrogen and oxygen atoms in total. The molecule has 3 aromatic heterocycles. The molecule has 1 saturated carbocycles. The normalized spacial score (nSPS) is 18.8. The molecule has 4 heterocycles. The molecule has 0 N–H and O–H groups in total. The first kappa shape index (κ1) is 20.4. The van der Waals surface area contributed by atoms with Crippen LogP contribution in [0.4, 0.5) is 0 Å². The predicted molar refractivity (Wildman–Crippen MR) is 126 cm³/mol. The van der Waals surface area contributed by atoms with Gasteiger partial charge in [0.05, 0.1) is 34.7 Å². The number of imidazole rings is 1. The molecule has 2 aliphatic rings. The van der Waals surface area contributed by atoms with Crippen molar-refractivity contribution in [1.82, 2.24) is 23.7 Å². The highest BCUT2D eigenvalue weighted by Gasteiger charge is 2.29. The Hall–Kier alpha value is -3.26. The molecule has 0 bridgehead atoms. The van der Waals surface area contributed by atoms with Crippen LogP contribution in [0.25, 0.3) is 21.9 Å². The molecule has 0 spiro atoms. The molecular weight excluding hydrogens is 418 g/mol. The van der Waals surface area contributed by atoms with Gasteiger partial charge in [0.2, 0.25) is 0 Å². The Labute approximate surface area is 190 Å². The summed E-state index contributed by atoms with van der Waals surface area (Å²) < 4.78 is 11.4. The number of hydrogen-bond acceptors (Lipinski definition) is 5. The minimum atomic E-state index is -0.255. The van der Waals surface area contributed by atoms with Crippen LogP contribution in [0.5, 0.6) is 0 Å². The Kier molecular flexibility index (Phi) is 5.10. The zero-order valence-corrected chi connectivity index (χ0v) is 18.5. The van der Waals surface area contributed by atoms with Crippen LogP contribution < -0.4 is 11.2 Å². The zero-order chi connectivity index (χ0) is 22.4. The molecule has 0 amide bonds. The van der Waals surface area contributed by atoms with E-state index in [0.29, 0.717) is 17.1 Å². The van der Waals surface area contributed by atoms with Gasteiger partial charge in [-0.3, -0.25) is 18.9 Å². The highest BCUT2D eigenvalue weighted by Crippen LogP contribution is 2.36. The Balaban J connectivity index is 1.45. The van der Waals surface area contributed by atoms with Crippen LogP contribution in [0.1, 0.15) is 44.0 Å². The lowest BCUT2D eigenvalue weighted by molar-refractivity contribution is 0.0500. The van der Waals surface area contributed by atoms with Gasteiger partial charge in [-0.25, -0.2) is 4.79 Å². The number of rotatable bonds is 6. The van der Waals surface area contributed by atoms with Crippen molar-refractivity contribution < 1.29 is 4.74 Å². The van der Waals surface area contributed by atoms with Crippen molar-refractivity contribution in [1.29, 1.82) is 0 Å². The fourth-order valence-electron chi connectivity index (χ4n) is 5.09. The average molecular weight is 446 g/mol. The number of nitrogens with zero attached hydrogens (tertiary/aromatic N) is 5. The number of aryl methyl sites for hydroxylation is 1. The van der Waals surface area contributed by atoms with Gasteiger partial charge >= 0.3 is 5.69 Å². The highest BCUT2D eigenvalue weighted by atomic mass is 16.5. The largest absolute Gasteiger partial charge is 0.381 e. The van der Waals surface area contributed by atoms with Gasteiger partial charge in [0.25, 0.3) is 5.56 Å². The van der Waals surface area contributed by atoms with Crippen molar-refractivity contribution in [2.45, 2.75) is 51.2 Å². The van der Waals surface area contributed by atoms with Gasteiger partial charge in [0.15, 0.2) is 0 Å². The van der Waals surface area contributed by atoms with Gasteiger partial charge in [-0.1, -0.05) is 12.1 Å². The molecule has 1 aliphatic heterocycles. The lowest BCUT2D eigenvalue weighted by Gasteiger charge is -2.23. The molecule has 170 valence electrons. The molecule has 1 unspecified atom stereocenters. The maximum absolute atomic E-state index is 13.4. The summed E-state index contributed by atoms with van der Waals surface area (Å²) in [6.07, 6.45) is 8.68. The summed E-state index contributed by atoms with van der Waals surface area (Å²) >= 11 is 0. The Morgan fingerprint density at radius 3 is 2.70 bits per heavy atom. The number of fused-ring (bicyclic) bond motifs is 2. The van der Waals surface area contributed by atoms with Crippen molar-refractivity contribution in [3.63, 3.8) is 0 Å². The van der Waals surface area contributed by atoms with E-state index in [-0.39, 0.29) is 23.8 Å². The van der Waals surface area contributed by atoms with Crippen LogP contribution in [0.15, 0.2) is 52.3 Å². The number of hydrogen-bond donors (Lipinski definition) is 0. The number of benzene rings is 1. The fourth-order valence-corrected chi connectivity index (χ4v) is 5.09. The first-order valence-corrected chi connectivity index (χ1v) is 11.8. The second kappa shape index (κ2) is 8.26. The number of pyridine rings is 1. The SMILES string of the molecule is O=c1nc(Cn2c(=O)n(C3CC3)c3ccncc32)n(CCC2CCCOC2)c2ccccc12. The molecular formula is C25H27N5O3. The zero-order valence-electron chi connectivity index (χ0n) is 18.5. The average Bonchev–Trinajstić information content (AvgIpc) is 3.64. The van der Waals surface area contributed by atoms with E-state index < -0.39 is 0 Å². The Morgan fingerprint density at radius 1 is 1.00 bits per heavy atom. The van der Waals surface area contributed by atoms with E-state index in [0.717, 1.165) is 68.4 Å². The number of para-hydroxylation sites is 1. The van der Waals surface area contributed by atoms with Crippen LogP contribution in [-0.4, -0.2) is 36.9 Å². The molecule has 4 aromatic rings. The van der Waals surface area contributed by atoms with Crippen LogP contribution in [0.2, 0.25) is 0 Å². The van der Waals surface area contributed by atoms with Gasteiger partial charge in [-0.2, -0.15) is 4.98 Å². The van der Waals surface area contributed by atoms with Crippen molar-refractivity contribution in [2.75, 3.05) is 13.2 Å². The van der Waals surface area contributed by atoms with Crippen molar-refractivity contribution in [3.05, 3.63) is 69.4 Å². The van der Waals surface area contributed by atoms with Crippen molar-refractivity contribution in [2.24, 2.45) is 5.92 Å². The third-order valence-electron chi connectivity index (χ3n) is 6.96. The van der Waals surface area contributed by atoms with Crippen molar-refractivity contribution in [3.8, 4) is 0 Å². The molecule has 6 rings (SSSR count). The van der Waals surface area contributed by atoms with E-state index in [9.17, 15) is 9.59 Å². The second-order valence-electron chi connectivity index (χ2n) is 9.21. The summed E-state index contributed by atoms with van der Waals surface area (Å²) in [5, 5.41) is 0.607. The van der Waals surface area contributed by atoms with Crippen LogP contribution in [0.3, 0.4) is 0 Å². The van der Waals surface area contributed by atoms with E-state index in [1.807, 2.05) is 34.9 Å². The van der Waals surface area contributed by atoms with Crippen molar-refractivity contribution >= 4 is 21.9 Å². The minimum absolute atomic E-state index is 0.0601. The summed E-state index contributed by atoms with van der Waals surface area (Å²) in [7, 11) is 0. The van der Waals surface area contributed by atoms with Crippen LogP contribution in [-0.2, 0) is 17.8 Å². The van der Waals surface area contributed by atoms with Crippen LogP contribution in [0, 0.1) is 5.92 Å².